The van der Waals surface area contributed by atoms with Crippen molar-refractivity contribution in [2.75, 3.05) is 24.1 Å². The van der Waals surface area contributed by atoms with Crippen LogP contribution in [0.25, 0.3) is 0 Å². The number of amides is 1. The van der Waals surface area contributed by atoms with Crippen molar-refractivity contribution in [1.29, 1.82) is 0 Å². The number of carbonyl (C=O) groups is 1. The van der Waals surface area contributed by atoms with E-state index in [1.54, 1.807) is 12.1 Å². The molecule has 4 nitrogen and oxygen atoms in total. The number of nitrogens with two attached hydrogens (primary N) is 1. The van der Waals surface area contributed by atoms with Gasteiger partial charge in [-0.3, -0.25) is 9.69 Å². The average molecular weight is 301 g/mol. The number of hydrogen-bond acceptors (Lipinski definition) is 4. The van der Waals surface area contributed by atoms with Crippen molar-refractivity contribution < 1.29 is 4.79 Å². The summed E-state index contributed by atoms with van der Waals surface area (Å²) in [5, 5.41) is 5.06. The van der Waals surface area contributed by atoms with E-state index in [0.717, 1.165) is 18.7 Å². The molecule has 0 aliphatic carbocycles. The van der Waals surface area contributed by atoms with E-state index in [-0.39, 0.29) is 5.91 Å². The molecule has 1 amide bonds. The van der Waals surface area contributed by atoms with Gasteiger partial charge >= 0.3 is 0 Å². The number of hydrogen-bond donors (Lipinski definition) is 2. The third kappa shape index (κ3) is 3.09. The van der Waals surface area contributed by atoms with Crippen LogP contribution in [0.1, 0.15) is 23.4 Å². The zero-order valence-corrected chi connectivity index (χ0v) is 12.8. The van der Waals surface area contributed by atoms with Crippen LogP contribution in [0, 0.1) is 0 Å². The second-order valence-electron chi connectivity index (χ2n) is 5.37. The second kappa shape index (κ2) is 5.87. The van der Waals surface area contributed by atoms with Crippen LogP contribution in [0.3, 0.4) is 0 Å². The van der Waals surface area contributed by atoms with Crippen molar-refractivity contribution in [3.63, 3.8) is 0 Å². The number of carbonyl (C=O) groups excluding carboxylic acids is 1. The molecule has 1 aromatic carbocycles. The van der Waals surface area contributed by atoms with Gasteiger partial charge in [0.2, 0.25) is 5.91 Å². The molecule has 0 radical (unpaired) electrons. The van der Waals surface area contributed by atoms with Gasteiger partial charge in [-0.05, 0) is 54.6 Å². The average Bonchev–Trinajstić information content (AvgIpc) is 2.94. The lowest BCUT2D eigenvalue weighted by molar-refractivity contribution is -0.117. The fourth-order valence-electron chi connectivity index (χ4n) is 2.73. The van der Waals surface area contributed by atoms with E-state index in [1.807, 2.05) is 23.5 Å². The maximum Gasteiger partial charge on any atom is 0.238 e. The van der Waals surface area contributed by atoms with E-state index in [9.17, 15) is 4.79 Å². The van der Waals surface area contributed by atoms with Crippen LogP contribution >= 0.6 is 11.3 Å². The summed E-state index contributed by atoms with van der Waals surface area (Å²) in [5.74, 6) is 0.0188. The van der Waals surface area contributed by atoms with Crippen LogP contribution in [0.4, 0.5) is 11.4 Å². The van der Waals surface area contributed by atoms with Gasteiger partial charge in [0.25, 0.3) is 0 Å². The highest BCUT2D eigenvalue weighted by molar-refractivity contribution is 7.10. The van der Waals surface area contributed by atoms with Crippen molar-refractivity contribution in [3.8, 4) is 0 Å². The van der Waals surface area contributed by atoms with E-state index >= 15 is 0 Å². The summed E-state index contributed by atoms with van der Waals surface area (Å²) in [6.07, 6.45) is 1.03. The molecule has 2 aromatic rings. The molecule has 0 spiro atoms. The Kier molecular flexibility index (Phi) is 3.94. The van der Waals surface area contributed by atoms with Crippen molar-refractivity contribution in [3.05, 3.63) is 46.2 Å². The zero-order valence-electron chi connectivity index (χ0n) is 12.0. The molecule has 0 saturated heterocycles. The number of benzene rings is 1. The Morgan fingerprint density at radius 1 is 1.38 bits per heavy atom. The fraction of sp³-hybridized carbons (Fsp3) is 0.312. The van der Waals surface area contributed by atoms with Crippen molar-refractivity contribution in [2.24, 2.45) is 0 Å². The first-order chi connectivity index (χ1) is 10.1. The lowest BCUT2D eigenvalue weighted by atomic mass is 10.0. The smallest absolute Gasteiger partial charge is 0.238 e. The topological polar surface area (TPSA) is 58.4 Å². The molecular formula is C16H19N3OS. The number of rotatable bonds is 3. The second-order valence-corrected chi connectivity index (χ2v) is 6.37. The van der Waals surface area contributed by atoms with Crippen LogP contribution in [-0.4, -0.2) is 23.9 Å². The Morgan fingerprint density at radius 3 is 2.90 bits per heavy atom. The molecule has 1 aliphatic rings. The summed E-state index contributed by atoms with van der Waals surface area (Å²) >= 11 is 1.81. The molecular weight excluding hydrogens is 282 g/mol. The minimum absolute atomic E-state index is 0.0188. The molecule has 1 unspecified atom stereocenters. The highest BCUT2D eigenvalue weighted by Crippen LogP contribution is 2.32. The summed E-state index contributed by atoms with van der Waals surface area (Å²) in [6.45, 7) is 3.52. The van der Waals surface area contributed by atoms with E-state index in [0.29, 0.717) is 18.3 Å². The van der Waals surface area contributed by atoms with Gasteiger partial charge in [-0.2, -0.15) is 0 Å². The quantitative estimate of drug-likeness (QED) is 0.857. The maximum atomic E-state index is 12.2. The first-order valence-corrected chi connectivity index (χ1v) is 7.97. The molecule has 21 heavy (non-hydrogen) atoms. The van der Waals surface area contributed by atoms with E-state index in [4.69, 9.17) is 5.73 Å². The lowest BCUT2D eigenvalue weighted by Crippen LogP contribution is -2.39. The monoisotopic (exact) mass is 301 g/mol. The number of nitrogens with one attached hydrogen (secondary N) is 1. The van der Waals surface area contributed by atoms with Gasteiger partial charge in [-0.1, -0.05) is 0 Å². The molecule has 5 heteroatoms. The Hall–Kier alpha value is -1.85. The summed E-state index contributed by atoms with van der Waals surface area (Å²) in [6, 6.07) is 9.70. The van der Waals surface area contributed by atoms with Crippen LogP contribution < -0.4 is 11.1 Å². The maximum absolute atomic E-state index is 12.2. The number of nitrogen functional groups attached to an aromatic ring is 1. The third-order valence-corrected chi connectivity index (χ3v) is 4.94. The summed E-state index contributed by atoms with van der Waals surface area (Å²) in [4.78, 5) is 15.9. The van der Waals surface area contributed by atoms with Gasteiger partial charge in [0.1, 0.15) is 0 Å². The third-order valence-electron chi connectivity index (χ3n) is 3.94. The number of fused-ring (bicyclic) bond motifs is 1. The van der Waals surface area contributed by atoms with Crippen molar-refractivity contribution in [2.45, 2.75) is 19.4 Å². The predicted octanol–water partition coefficient (Wildman–Crippen LogP) is 2.89. The van der Waals surface area contributed by atoms with Gasteiger partial charge in [-0.25, -0.2) is 0 Å². The van der Waals surface area contributed by atoms with Gasteiger partial charge in [0, 0.05) is 28.8 Å². The Bertz CT molecular complexity index is 635. The van der Waals surface area contributed by atoms with Gasteiger partial charge < -0.3 is 11.1 Å². The lowest BCUT2D eigenvalue weighted by Gasteiger charge is -2.32. The van der Waals surface area contributed by atoms with E-state index in [1.165, 1.54) is 10.4 Å². The Labute approximate surface area is 128 Å². The first kappa shape index (κ1) is 14.1. The standard InChI is InChI=1S/C16H19N3OS/c1-11-14-7-9-21-15(14)6-8-19(11)10-16(20)18-13-4-2-12(17)3-5-13/h2-5,7,9,11H,6,8,10,17H2,1H3,(H,18,20). The molecule has 3 N–H and O–H groups in total. The Balaban J connectivity index is 1.62. The number of anilines is 2. The van der Waals surface area contributed by atoms with E-state index < -0.39 is 0 Å². The molecule has 0 bridgehead atoms. The molecule has 2 heterocycles. The zero-order chi connectivity index (χ0) is 14.8. The largest absolute Gasteiger partial charge is 0.399 e. The molecule has 0 saturated carbocycles. The van der Waals surface area contributed by atoms with E-state index in [2.05, 4.69) is 28.6 Å². The molecule has 0 fully saturated rings. The molecule has 1 atom stereocenters. The van der Waals surface area contributed by atoms with Gasteiger partial charge in [0.05, 0.1) is 6.54 Å². The van der Waals surface area contributed by atoms with Crippen LogP contribution in [0.15, 0.2) is 35.7 Å². The minimum Gasteiger partial charge on any atom is -0.399 e. The molecule has 3 rings (SSSR count). The molecule has 110 valence electrons. The summed E-state index contributed by atoms with van der Waals surface area (Å²) < 4.78 is 0. The predicted molar refractivity (Wildman–Crippen MR) is 87.5 cm³/mol. The van der Waals surface area contributed by atoms with Crippen molar-refractivity contribution in [1.82, 2.24) is 4.90 Å². The highest BCUT2D eigenvalue weighted by atomic mass is 32.1. The van der Waals surface area contributed by atoms with Crippen LogP contribution in [0.2, 0.25) is 0 Å². The SMILES string of the molecule is CC1c2ccsc2CCN1CC(=O)Nc1ccc(N)cc1. The normalized spacial score (nSPS) is 18.2. The van der Waals surface area contributed by atoms with Crippen LogP contribution in [-0.2, 0) is 11.2 Å². The first-order valence-electron chi connectivity index (χ1n) is 7.09. The minimum atomic E-state index is 0.0188. The van der Waals surface area contributed by atoms with Gasteiger partial charge in [0.15, 0.2) is 0 Å². The van der Waals surface area contributed by atoms with Crippen LogP contribution in [0.5, 0.6) is 0 Å². The summed E-state index contributed by atoms with van der Waals surface area (Å²) in [5.41, 5.74) is 8.49. The fourth-order valence-corrected chi connectivity index (χ4v) is 3.69. The molecule has 1 aromatic heterocycles. The van der Waals surface area contributed by atoms with Crippen molar-refractivity contribution >= 4 is 28.6 Å². The highest BCUT2D eigenvalue weighted by Gasteiger charge is 2.25. The molecule has 1 aliphatic heterocycles. The number of thiophene rings is 1. The Morgan fingerprint density at radius 2 is 2.14 bits per heavy atom. The van der Waals surface area contributed by atoms with Gasteiger partial charge in [-0.15, -0.1) is 11.3 Å². The summed E-state index contributed by atoms with van der Waals surface area (Å²) in [7, 11) is 0. The number of nitrogens with zero attached hydrogens (tertiary/aromatic N) is 1.